The number of nitrogens with one attached hydrogen (secondary N) is 1. The maximum Gasteiger partial charge on any atom is 0.265 e. The summed E-state index contributed by atoms with van der Waals surface area (Å²) in [6.07, 6.45) is 0.440. The lowest BCUT2D eigenvalue weighted by Gasteiger charge is -2.19. The summed E-state index contributed by atoms with van der Waals surface area (Å²) < 4.78 is 41.5. The molecule has 10 heteroatoms. The summed E-state index contributed by atoms with van der Waals surface area (Å²) in [6.45, 7) is 4.96. The van der Waals surface area contributed by atoms with Gasteiger partial charge in [0.1, 0.15) is 22.5 Å². The first-order valence-electron chi connectivity index (χ1n) is 14.6. The van der Waals surface area contributed by atoms with Gasteiger partial charge in [-0.15, -0.1) is 0 Å². The van der Waals surface area contributed by atoms with Crippen molar-refractivity contribution in [3.05, 3.63) is 107 Å². The van der Waals surface area contributed by atoms with E-state index in [1.165, 1.54) is 18.1 Å². The summed E-state index contributed by atoms with van der Waals surface area (Å²) in [7, 11) is 0.676. The molecule has 45 heavy (non-hydrogen) atoms. The highest BCUT2D eigenvalue weighted by Gasteiger charge is 2.29. The van der Waals surface area contributed by atoms with Crippen molar-refractivity contribution in [3.63, 3.8) is 0 Å². The van der Waals surface area contributed by atoms with E-state index in [1.807, 2.05) is 38.1 Å². The van der Waals surface area contributed by atoms with Crippen molar-refractivity contribution < 1.29 is 27.5 Å². The molecule has 1 aliphatic rings. The fraction of sp³-hybridized carbons (Fsp3) is 0.257. The molecule has 1 aliphatic heterocycles. The van der Waals surface area contributed by atoms with E-state index >= 15 is 0 Å². The highest BCUT2D eigenvalue weighted by molar-refractivity contribution is 7.92. The number of sulfonamides is 1. The number of nitrogens with zero attached hydrogens (tertiary/aromatic N) is 2. The third-order valence-electron chi connectivity index (χ3n) is 7.96. The van der Waals surface area contributed by atoms with E-state index in [0.29, 0.717) is 53.2 Å². The highest BCUT2D eigenvalue weighted by Crippen LogP contribution is 2.32. The number of amides is 2. The Morgan fingerprint density at radius 3 is 2.40 bits per heavy atom. The van der Waals surface area contributed by atoms with Gasteiger partial charge in [0, 0.05) is 44.3 Å². The second-order valence-corrected chi connectivity index (χ2v) is 13.0. The molecule has 9 nitrogen and oxygen atoms in total. The molecule has 234 valence electrons. The monoisotopic (exact) mass is 627 g/mol. The van der Waals surface area contributed by atoms with Gasteiger partial charge in [-0.3, -0.25) is 14.3 Å². The molecule has 4 aromatic rings. The van der Waals surface area contributed by atoms with Gasteiger partial charge in [0.2, 0.25) is 0 Å². The van der Waals surface area contributed by atoms with Crippen molar-refractivity contribution in [3.8, 4) is 22.6 Å². The predicted octanol–water partition coefficient (Wildman–Crippen LogP) is 5.78. The summed E-state index contributed by atoms with van der Waals surface area (Å²) in [5, 5.41) is 0. The van der Waals surface area contributed by atoms with Crippen molar-refractivity contribution in [2.24, 2.45) is 0 Å². The highest BCUT2D eigenvalue weighted by atomic mass is 32.2. The first kappa shape index (κ1) is 31.6. The third-order valence-corrected chi connectivity index (χ3v) is 9.36. The summed E-state index contributed by atoms with van der Waals surface area (Å²) in [5.41, 5.74) is 4.86. The Labute approximate surface area is 264 Å². The Morgan fingerprint density at radius 1 is 0.911 bits per heavy atom. The second kappa shape index (κ2) is 13.0. The van der Waals surface area contributed by atoms with Gasteiger partial charge >= 0.3 is 0 Å². The SMILES string of the molecule is COc1ccc(-c2cccc(C(=O)N(C)C)c2)cc1S(=O)(=O)Nc1cccc(O[C@H]2CCN(C(=O)c3cccc(C)c3C)C2)c1. The lowest BCUT2D eigenvalue weighted by Crippen LogP contribution is -2.31. The van der Waals surface area contributed by atoms with Gasteiger partial charge in [0.25, 0.3) is 21.8 Å². The molecule has 0 bridgehead atoms. The Balaban J connectivity index is 1.32. The number of anilines is 1. The number of hydrogen-bond donors (Lipinski definition) is 1. The zero-order chi connectivity index (χ0) is 32.3. The molecule has 0 radical (unpaired) electrons. The molecule has 4 aromatic carbocycles. The molecule has 0 unspecified atom stereocenters. The number of likely N-dealkylation sites (tertiary alicyclic amines) is 1. The first-order chi connectivity index (χ1) is 21.5. The molecule has 2 amide bonds. The van der Waals surface area contributed by atoms with Crippen LogP contribution >= 0.6 is 0 Å². The standard InChI is InChI=1S/C35H37N3O6S/c1-23-9-6-14-31(24(23)2)35(40)38-18-17-30(22-38)44-29-13-8-12-28(21-29)36-45(41,42)33-20-26(15-16-32(33)43-5)25-10-7-11-27(19-25)34(39)37(3)4/h6-16,19-21,30,36H,17-18,22H2,1-5H3/t30-/m0/s1. The third kappa shape index (κ3) is 6.96. The van der Waals surface area contributed by atoms with Crippen LogP contribution in [0.25, 0.3) is 11.1 Å². The van der Waals surface area contributed by atoms with Crippen molar-refractivity contribution >= 4 is 27.5 Å². The number of ether oxygens (including phenoxy) is 2. The van der Waals surface area contributed by atoms with E-state index in [9.17, 15) is 18.0 Å². The van der Waals surface area contributed by atoms with E-state index < -0.39 is 10.0 Å². The number of benzene rings is 4. The van der Waals surface area contributed by atoms with Gasteiger partial charge in [-0.2, -0.15) is 0 Å². The largest absolute Gasteiger partial charge is 0.495 e. The van der Waals surface area contributed by atoms with Crippen LogP contribution < -0.4 is 14.2 Å². The molecule has 1 heterocycles. The summed E-state index contributed by atoms with van der Waals surface area (Å²) in [6, 6.07) is 24.4. The Kier molecular flexibility index (Phi) is 9.15. The van der Waals surface area contributed by atoms with Gasteiger partial charge in [0.15, 0.2) is 0 Å². The maximum absolute atomic E-state index is 13.7. The van der Waals surface area contributed by atoms with Crippen molar-refractivity contribution in [2.75, 3.05) is 39.0 Å². The van der Waals surface area contributed by atoms with Gasteiger partial charge < -0.3 is 19.3 Å². The number of hydrogen-bond acceptors (Lipinski definition) is 6. The maximum atomic E-state index is 13.7. The number of carbonyl (C=O) groups is 2. The average molecular weight is 628 g/mol. The minimum atomic E-state index is -4.09. The van der Waals surface area contributed by atoms with E-state index in [-0.39, 0.29) is 28.6 Å². The van der Waals surface area contributed by atoms with Gasteiger partial charge in [-0.1, -0.05) is 36.4 Å². The van der Waals surface area contributed by atoms with Crippen LogP contribution in [0.15, 0.2) is 89.8 Å². The zero-order valence-corrected chi connectivity index (χ0v) is 26.9. The minimum absolute atomic E-state index is 0.0176. The molecule has 0 saturated carbocycles. The van der Waals surface area contributed by atoms with E-state index in [2.05, 4.69) is 4.72 Å². The van der Waals surface area contributed by atoms with Gasteiger partial charge in [-0.05, 0) is 78.6 Å². The Hall–Kier alpha value is -4.83. The first-order valence-corrected chi connectivity index (χ1v) is 16.1. The van der Waals surface area contributed by atoms with Crippen molar-refractivity contribution in [2.45, 2.75) is 31.3 Å². The van der Waals surface area contributed by atoms with Crippen LogP contribution in [0.1, 0.15) is 38.3 Å². The van der Waals surface area contributed by atoms with Crippen LogP contribution in [0.5, 0.6) is 11.5 Å². The van der Waals surface area contributed by atoms with Crippen LogP contribution in [0.2, 0.25) is 0 Å². The van der Waals surface area contributed by atoms with E-state index in [4.69, 9.17) is 9.47 Å². The normalized spacial score (nSPS) is 14.6. The quantitative estimate of drug-likeness (QED) is 0.253. The molecular weight excluding hydrogens is 590 g/mol. The molecule has 1 fully saturated rings. The van der Waals surface area contributed by atoms with Crippen molar-refractivity contribution in [1.29, 1.82) is 0 Å². The van der Waals surface area contributed by atoms with Gasteiger partial charge in [-0.25, -0.2) is 8.42 Å². The van der Waals surface area contributed by atoms with Crippen LogP contribution in [0.4, 0.5) is 5.69 Å². The molecule has 1 atom stereocenters. The number of aryl methyl sites for hydroxylation is 1. The topological polar surface area (TPSA) is 105 Å². The smallest absolute Gasteiger partial charge is 0.265 e. The number of carbonyl (C=O) groups excluding carboxylic acids is 2. The Morgan fingerprint density at radius 2 is 1.64 bits per heavy atom. The number of methoxy groups -OCH3 is 1. The molecule has 1 N–H and O–H groups in total. The molecule has 0 aromatic heterocycles. The molecular formula is C35H37N3O6S. The Bertz CT molecular complexity index is 1850. The molecule has 0 spiro atoms. The summed E-state index contributed by atoms with van der Waals surface area (Å²) in [5.74, 6) is 0.499. The molecule has 5 rings (SSSR count). The summed E-state index contributed by atoms with van der Waals surface area (Å²) in [4.78, 5) is 28.9. The average Bonchev–Trinajstić information content (AvgIpc) is 3.49. The fourth-order valence-corrected chi connectivity index (χ4v) is 6.60. The molecule has 1 saturated heterocycles. The predicted molar refractivity (Wildman–Crippen MR) is 175 cm³/mol. The van der Waals surface area contributed by atoms with Gasteiger partial charge in [0.05, 0.1) is 19.3 Å². The minimum Gasteiger partial charge on any atom is -0.495 e. The van der Waals surface area contributed by atoms with E-state index in [1.54, 1.807) is 73.6 Å². The fourth-order valence-electron chi connectivity index (χ4n) is 5.35. The van der Waals surface area contributed by atoms with Crippen LogP contribution in [0.3, 0.4) is 0 Å². The zero-order valence-electron chi connectivity index (χ0n) is 26.0. The van der Waals surface area contributed by atoms with Crippen LogP contribution in [-0.4, -0.2) is 70.4 Å². The lowest BCUT2D eigenvalue weighted by molar-refractivity contribution is 0.0770. The second-order valence-electron chi connectivity index (χ2n) is 11.3. The van der Waals surface area contributed by atoms with Crippen molar-refractivity contribution in [1.82, 2.24) is 9.80 Å². The summed E-state index contributed by atoms with van der Waals surface area (Å²) >= 11 is 0. The van der Waals surface area contributed by atoms with Crippen LogP contribution in [-0.2, 0) is 10.0 Å². The van der Waals surface area contributed by atoms with E-state index in [0.717, 1.165) is 11.1 Å². The number of rotatable bonds is 9. The van der Waals surface area contributed by atoms with Crippen LogP contribution in [0, 0.1) is 13.8 Å². The molecule has 0 aliphatic carbocycles. The lowest BCUT2D eigenvalue weighted by atomic mass is 10.0.